The number of ether oxygens (including phenoxy) is 1. The van der Waals surface area contributed by atoms with Crippen molar-refractivity contribution < 1.29 is 19.1 Å². The Hall–Kier alpha value is -3.69. The van der Waals surface area contributed by atoms with Gasteiger partial charge in [-0.25, -0.2) is 4.79 Å². The summed E-state index contributed by atoms with van der Waals surface area (Å²) in [7, 11) is 0. The summed E-state index contributed by atoms with van der Waals surface area (Å²) in [5.41, 5.74) is 7.49. The van der Waals surface area contributed by atoms with E-state index in [1.807, 2.05) is 4.90 Å². The van der Waals surface area contributed by atoms with E-state index >= 15 is 0 Å². The van der Waals surface area contributed by atoms with E-state index in [9.17, 15) is 14.4 Å². The second kappa shape index (κ2) is 8.58. The first-order chi connectivity index (χ1) is 15.0. The summed E-state index contributed by atoms with van der Waals surface area (Å²) in [6.07, 6.45) is 2.04. The summed E-state index contributed by atoms with van der Waals surface area (Å²) in [5, 5.41) is 5.49. The molecule has 3 heterocycles. The van der Waals surface area contributed by atoms with Crippen LogP contribution in [0.15, 0.2) is 24.3 Å². The van der Waals surface area contributed by atoms with E-state index in [0.29, 0.717) is 22.8 Å². The van der Waals surface area contributed by atoms with Gasteiger partial charge >= 0.3 is 5.97 Å². The zero-order chi connectivity index (χ0) is 22.0. The second-order valence-corrected chi connectivity index (χ2v) is 7.46. The molecule has 1 atom stereocenters. The number of nitrogens with two attached hydrogens (primary N) is 1. The molecule has 4 rings (SSSR count). The Balaban J connectivity index is 1.55. The fourth-order valence-electron chi connectivity index (χ4n) is 3.80. The number of rotatable bonds is 5. The van der Waals surface area contributed by atoms with Gasteiger partial charge in [-0.2, -0.15) is 9.97 Å². The number of anilines is 4. The topological polar surface area (TPSA) is 140 Å². The van der Waals surface area contributed by atoms with Gasteiger partial charge in [0.25, 0.3) is 0 Å². The number of esters is 1. The number of aromatic nitrogens is 2. The van der Waals surface area contributed by atoms with Crippen molar-refractivity contribution in [3.63, 3.8) is 0 Å². The van der Waals surface area contributed by atoms with E-state index in [1.165, 1.54) is 0 Å². The predicted octanol–water partition coefficient (Wildman–Crippen LogP) is 1.90. The fraction of sp³-hybridized carbons (Fsp3) is 0.381. The van der Waals surface area contributed by atoms with Crippen LogP contribution in [0.1, 0.15) is 48.0 Å². The van der Waals surface area contributed by atoms with E-state index < -0.39 is 17.8 Å². The highest BCUT2D eigenvalue weighted by Crippen LogP contribution is 2.37. The lowest BCUT2D eigenvalue weighted by atomic mass is 9.92. The van der Waals surface area contributed by atoms with Crippen molar-refractivity contribution in [2.45, 2.75) is 32.1 Å². The number of hydrogen-bond donors (Lipinski definition) is 3. The lowest BCUT2D eigenvalue weighted by molar-refractivity contribution is -0.123. The molecule has 2 aliphatic heterocycles. The van der Waals surface area contributed by atoms with Gasteiger partial charge in [0.15, 0.2) is 0 Å². The summed E-state index contributed by atoms with van der Waals surface area (Å²) >= 11 is 0. The lowest BCUT2D eigenvalue weighted by Crippen LogP contribution is -2.33. The van der Waals surface area contributed by atoms with Crippen LogP contribution in [-0.2, 0) is 14.3 Å². The molecule has 2 aliphatic rings. The van der Waals surface area contributed by atoms with Gasteiger partial charge < -0.3 is 26.0 Å². The van der Waals surface area contributed by atoms with Gasteiger partial charge in [-0.3, -0.25) is 9.59 Å². The Kier molecular flexibility index (Phi) is 5.70. The molecule has 31 heavy (non-hydrogen) atoms. The molecular weight excluding hydrogens is 400 g/mol. The van der Waals surface area contributed by atoms with Crippen LogP contribution in [-0.4, -0.2) is 47.4 Å². The SMILES string of the molecule is CCOC(=O)c1ccc(NC(=O)C2CC(=O)Nc3nc(N4CCCC4)nc(N)c32)cc1. The highest BCUT2D eigenvalue weighted by molar-refractivity contribution is 6.05. The van der Waals surface area contributed by atoms with Crippen LogP contribution in [0.4, 0.5) is 23.3 Å². The molecule has 10 nitrogen and oxygen atoms in total. The number of nitrogens with one attached hydrogen (secondary N) is 2. The van der Waals surface area contributed by atoms with Crippen LogP contribution in [0.25, 0.3) is 0 Å². The average molecular weight is 424 g/mol. The number of fused-ring (bicyclic) bond motifs is 1. The van der Waals surface area contributed by atoms with Gasteiger partial charge in [0, 0.05) is 25.2 Å². The van der Waals surface area contributed by atoms with Crippen molar-refractivity contribution in [1.82, 2.24) is 9.97 Å². The summed E-state index contributed by atoms with van der Waals surface area (Å²) in [4.78, 5) is 47.9. The zero-order valence-corrected chi connectivity index (χ0v) is 17.2. The first-order valence-corrected chi connectivity index (χ1v) is 10.3. The van der Waals surface area contributed by atoms with Crippen LogP contribution in [0.2, 0.25) is 0 Å². The number of benzene rings is 1. The molecule has 2 amide bonds. The van der Waals surface area contributed by atoms with Gasteiger partial charge in [-0.05, 0) is 44.0 Å². The maximum Gasteiger partial charge on any atom is 0.338 e. The molecular formula is C21H24N6O4. The fourth-order valence-corrected chi connectivity index (χ4v) is 3.80. The quantitative estimate of drug-likeness (QED) is 0.619. The van der Waals surface area contributed by atoms with Gasteiger partial charge in [-0.15, -0.1) is 0 Å². The molecule has 1 aromatic heterocycles. The molecule has 0 bridgehead atoms. The second-order valence-electron chi connectivity index (χ2n) is 7.46. The minimum absolute atomic E-state index is 0.0592. The van der Waals surface area contributed by atoms with Crippen molar-refractivity contribution in [1.29, 1.82) is 0 Å². The van der Waals surface area contributed by atoms with Gasteiger partial charge in [0.05, 0.1) is 23.7 Å². The highest BCUT2D eigenvalue weighted by Gasteiger charge is 2.35. The minimum atomic E-state index is -0.818. The Morgan fingerprint density at radius 1 is 1.23 bits per heavy atom. The smallest absolute Gasteiger partial charge is 0.338 e. The van der Waals surface area contributed by atoms with Crippen molar-refractivity contribution in [2.75, 3.05) is 41.0 Å². The molecule has 0 radical (unpaired) electrons. The summed E-state index contributed by atoms with van der Waals surface area (Å²) in [6, 6.07) is 6.33. The number of nitrogens with zero attached hydrogens (tertiary/aromatic N) is 3. The molecule has 0 spiro atoms. The summed E-state index contributed by atoms with van der Waals surface area (Å²) in [5.74, 6) is -1.03. The number of nitrogen functional groups attached to an aromatic ring is 1. The van der Waals surface area contributed by atoms with Crippen molar-refractivity contribution >= 4 is 41.1 Å². The molecule has 0 saturated carbocycles. The molecule has 1 unspecified atom stereocenters. The van der Waals surface area contributed by atoms with Crippen LogP contribution >= 0.6 is 0 Å². The highest BCUT2D eigenvalue weighted by atomic mass is 16.5. The molecule has 10 heteroatoms. The van der Waals surface area contributed by atoms with Crippen LogP contribution in [0.3, 0.4) is 0 Å². The zero-order valence-electron chi connectivity index (χ0n) is 17.2. The molecule has 1 saturated heterocycles. The maximum atomic E-state index is 13.0. The molecule has 1 fully saturated rings. The number of amides is 2. The molecule has 2 aromatic rings. The monoisotopic (exact) mass is 424 g/mol. The predicted molar refractivity (Wildman–Crippen MR) is 115 cm³/mol. The Bertz CT molecular complexity index is 1020. The number of hydrogen-bond acceptors (Lipinski definition) is 8. The summed E-state index contributed by atoms with van der Waals surface area (Å²) in [6.45, 7) is 3.67. The van der Waals surface area contributed by atoms with Crippen LogP contribution < -0.4 is 21.3 Å². The van der Waals surface area contributed by atoms with Crippen LogP contribution in [0.5, 0.6) is 0 Å². The Morgan fingerprint density at radius 3 is 2.61 bits per heavy atom. The van der Waals surface area contributed by atoms with Gasteiger partial charge in [0.2, 0.25) is 17.8 Å². The third-order valence-electron chi connectivity index (χ3n) is 5.33. The van der Waals surface area contributed by atoms with Crippen LogP contribution in [0, 0.1) is 0 Å². The third kappa shape index (κ3) is 4.27. The van der Waals surface area contributed by atoms with Crippen molar-refractivity contribution in [2.24, 2.45) is 0 Å². The molecule has 162 valence electrons. The first kappa shape index (κ1) is 20.6. The molecule has 0 aliphatic carbocycles. The van der Waals surface area contributed by atoms with E-state index in [4.69, 9.17) is 10.5 Å². The Morgan fingerprint density at radius 2 is 1.94 bits per heavy atom. The third-order valence-corrected chi connectivity index (χ3v) is 5.33. The lowest BCUT2D eigenvalue weighted by Gasteiger charge is -2.26. The Labute approximate surface area is 179 Å². The molecule has 1 aromatic carbocycles. The van der Waals surface area contributed by atoms with Crippen molar-refractivity contribution in [3.8, 4) is 0 Å². The minimum Gasteiger partial charge on any atom is -0.462 e. The average Bonchev–Trinajstić information content (AvgIpc) is 3.28. The van der Waals surface area contributed by atoms with E-state index in [1.54, 1.807) is 31.2 Å². The van der Waals surface area contributed by atoms with E-state index in [-0.39, 0.29) is 30.6 Å². The number of carbonyl (C=O) groups is 3. The maximum absolute atomic E-state index is 13.0. The normalized spacial score (nSPS) is 17.6. The van der Waals surface area contributed by atoms with Crippen molar-refractivity contribution in [3.05, 3.63) is 35.4 Å². The largest absolute Gasteiger partial charge is 0.462 e. The van der Waals surface area contributed by atoms with E-state index in [0.717, 1.165) is 25.9 Å². The molecule has 4 N–H and O–H groups in total. The standard InChI is InChI=1S/C21H24N6O4/c1-2-31-20(30)12-5-7-13(8-6-12)23-19(29)14-11-15(28)24-18-16(14)17(22)25-21(26-18)27-9-3-4-10-27/h5-8,14H,2-4,9-11H2,1H3,(H,23,29)(H3,22,24,25,26,28). The van der Waals surface area contributed by atoms with Gasteiger partial charge in [0.1, 0.15) is 11.6 Å². The number of carbonyl (C=O) groups excluding carboxylic acids is 3. The van der Waals surface area contributed by atoms with E-state index in [2.05, 4.69) is 20.6 Å². The first-order valence-electron chi connectivity index (χ1n) is 10.3. The summed E-state index contributed by atoms with van der Waals surface area (Å²) < 4.78 is 4.95. The van der Waals surface area contributed by atoms with Gasteiger partial charge in [-0.1, -0.05) is 0 Å².